The molecule has 0 bridgehead atoms. The maximum absolute atomic E-state index is 13.4. The number of nitro benzene ring substituents is 1. The van der Waals surface area contributed by atoms with E-state index in [9.17, 15) is 19.3 Å². The van der Waals surface area contributed by atoms with Crippen LogP contribution < -0.4 is 0 Å². The van der Waals surface area contributed by atoms with Crippen molar-refractivity contribution < 1.29 is 18.8 Å². The number of nitrogens with zero attached hydrogens (tertiary/aromatic N) is 1. The molecule has 0 radical (unpaired) electrons. The normalized spacial score (nSPS) is 10.3. The first-order chi connectivity index (χ1) is 10.5. The van der Waals surface area contributed by atoms with Crippen molar-refractivity contribution in [2.45, 2.75) is 11.5 Å². The van der Waals surface area contributed by atoms with Crippen LogP contribution in [-0.2, 0) is 11.3 Å². The van der Waals surface area contributed by atoms with Gasteiger partial charge in [0.15, 0.2) is 0 Å². The average Bonchev–Trinajstić information content (AvgIpc) is 2.53. The van der Waals surface area contributed by atoms with E-state index in [0.29, 0.717) is 4.90 Å². The highest BCUT2D eigenvalue weighted by atomic mass is 32.2. The van der Waals surface area contributed by atoms with Crippen molar-refractivity contribution in [3.63, 3.8) is 0 Å². The van der Waals surface area contributed by atoms with Gasteiger partial charge in [-0.2, -0.15) is 0 Å². The van der Waals surface area contributed by atoms with Crippen molar-refractivity contribution >= 4 is 23.4 Å². The molecule has 0 unspecified atom stereocenters. The fraction of sp³-hybridized carbons (Fsp3) is 0.133. The maximum Gasteiger partial charge on any atom is 0.338 e. The number of carbonyl (C=O) groups excluding carboxylic acids is 1. The smallest absolute Gasteiger partial charge is 0.338 e. The predicted molar refractivity (Wildman–Crippen MR) is 80.4 cm³/mol. The molecule has 114 valence electrons. The Balaban J connectivity index is 2.15. The molecule has 0 atom stereocenters. The summed E-state index contributed by atoms with van der Waals surface area (Å²) in [6.45, 7) is -0.233. The van der Waals surface area contributed by atoms with Crippen molar-refractivity contribution in [3.05, 3.63) is 69.5 Å². The summed E-state index contributed by atoms with van der Waals surface area (Å²) >= 11 is 1.21. The summed E-state index contributed by atoms with van der Waals surface area (Å²) in [5.41, 5.74) is 0.139. The highest BCUT2D eigenvalue weighted by molar-refractivity contribution is 7.98. The Labute approximate surface area is 130 Å². The summed E-state index contributed by atoms with van der Waals surface area (Å²) in [4.78, 5) is 22.8. The summed E-state index contributed by atoms with van der Waals surface area (Å²) in [7, 11) is 0. The zero-order chi connectivity index (χ0) is 16.1. The third kappa shape index (κ3) is 3.62. The van der Waals surface area contributed by atoms with Crippen LogP contribution >= 0.6 is 11.8 Å². The lowest BCUT2D eigenvalue weighted by molar-refractivity contribution is -0.387. The van der Waals surface area contributed by atoms with Gasteiger partial charge in [-0.3, -0.25) is 10.1 Å². The van der Waals surface area contributed by atoms with Crippen LogP contribution in [0.3, 0.4) is 0 Å². The van der Waals surface area contributed by atoms with E-state index in [1.807, 2.05) is 0 Å². The van der Waals surface area contributed by atoms with Crippen molar-refractivity contribution in [2.24, 2.45) is 0 Å². The molecule has 0 heterocycles. The quantitative estimate of drug-likeness (QED) is 0.362. The molecule has 0 aliphatic heterocycles. The van der Waals surface area contributed by atoms with Gasteiger partial charge in [-0.1, -0.05) is 18.2 Å². The number of hydrogen-bond donors (Lipinski definition) is 0. The lowest BCUT2D eigenvalue weighted by atomic mass is 10.2. The van der Waals surface area contributed by atoms with Crippen LogP contribution in [0.15, 0.2) is 47.4 Å². The molecule has 2 aromatic carbocycles. The van der Waals surface area contributed by atoms with Crippen LogP contribution in [0.25, 0.3) is 0 Å². The summed E-state index contributed by atoms with van der Waals surface area (Å²) < 4.78 is 18.4. The van der Waals surface area contributed by atoms with Crippen molar-refractivity contribution in [1.29, 1.82) is 0 Å². The number of ether oxygens (including phenoxy) is 1. The molecule has 0 aliphatic carbocycles. The van der Waals surface area contributed by atoms with Gasteiger partial charge in [0.1, 0.15) is 12.4 Å². The SMILES string of the molecule is CSc1ccc(C(=O)OCc2ccccc2F)cc1[N+](=O)[O-]. The molecule has 5 nitrogen and oxygen atoms in total. The van der Waals surface area contributed by atoms with Gasteiger partial charge in [0.25, 0.3) is 5.69 Å². The number of rotatable bonds is 5. The minimum Gasteiger partial charge on any atom is -0.457 e. The number of thioether (sulfide) groups is 1. The van der Waals surface area contributed by atoms with Gasteiger partial charge < -0.3 is 4.74 Å². The standard InChI is InChI=1S/C15H12FNO4S/c1-22-14-7-6-10(8-13(14)17(19)20)15(18)21-9-11-4-2-3-5-12(11)16/h2-8H,9H2,1H3. The van der Waals surface area contributed by atoms with E-state index in [-0.39, 0.29) is 23.4 Å². The molecule has 22 heavy (non-hydrogen) atoms. The molecule has 2 aromatic rings. The third-order valence-corrected chi connectivity index (χ3v) is 3.71. The molecule has 0 aromatic heterocycles. The second-order valence-corrected chi connectivity index (χ2v) is 5.16. The first kappa shape index (κ1) is 16.0. The van der Waals surface area contributed by atoms with E-state index in [4.69, 9.17) is 4.74 Å². The van der Waals surface area contributed by atoms with Crippen molar-refractivity contribution in [1.82, 2.24) is 0 Å². The summed E-state index contributed by atoms with van der Waals surface area (Å²) in [6.07, 6.45) is 1.71. The minimum absolute atomic E-state index is 0.0563. The van der Waals surface area contributed by atoms with Gasteiger partial charge in [-0.15, -0.1) is 11.8 Å². The fourth-order valence-corrected chi connectivity index (χ4v) is 2.35. The summed E-state index contributed by atoms with van der Waals surface area (Å²) in [6, 6.07) is 10.0. The van der Waals surface area contributed by atoms with Crippen LogP contribution in [0.1, 0.15) is 15.9 Å². The lowest BCUT2D eigenvalue weighted by Crippen LogP contribution is -2.07. The fourth-order valence-electron chi connectivity index (χ4n) is 1.80. The number of halogens is 1. The molecule has 0 N–H and O–H groups in total. The van der Waals surface area contributed by atoms with E-state index in [1.165, 1.54) is 42.1 Å². The minimum atomic E-state index is -0.737. The van der Waals surface area contributed by atoms with Gasteiger partial charge >= 0.3 is 5.97 Å². The van der Waals surface area contributed by atoms with Crippen LogP contribution in [0.4, 0.5) is 10.1 Å². The van der Waals surface area contributed by atoms with E-state index in [2.05, 4.69) is 0 Å². The van der Waals surface area contributed by atoms with Gasteiger partial charge in [-0.25, -0.2) is 9.18 Å². The predicted octanol–water partition coefficient (Wildman–Crippen LogP) is 3.81. The van der Waals surface area contributed by atoms with Crippen LogP contribution in [-0.4, -0.2) is 17.1 Å². The Kier molecular flexibility index (Phi) is 5.11. The second-order valence-electron chi connectivity index (χ2n) is 4.31. The number of carbonyl (C=O) groups is 1. The molecule has 0 fully saturated rings. The molecule has 2 rings (SSSR count). The second kappa shape index (κ2) is 7.04. The first-order valence-corrected chi connectivity index (χ1v) is 7.48. The average molecular weight is 321 g/mol. The molecular weight excluding hydrogens is 309 g/mol. The zero-order valence-corrected chi connectivity index (χ0v) is 12.4. The van der Waals surface area contributed by atoms with Crippen molar-refractivity contribution in [3.8, 4) is 0 Å². The Bertz CT molecular complexity index is 720. The maximum atomic E-state index is 13.4. The number of esters is 1. The number of hydrogen-bond acceptors (Lipinski definition) is 5. The summed E-state index contributed by atoms with van der Waals surface area (Å²) in [5.74, 6) is -1.21. The monoisotopic (exact) mass is 321 g/mol. The van der Waals surface area contributed by atoms with Crippen LogP contribution in [0, 0.1) is 15.9 Å². The molecular formula is C15H12FNO4S. The van der Waals surface area contributed by atoms with E-state index < -0.39 is 16.7 Å². The van der Waals surface area contributed by atoms with Crippen LogP contribution in [0.5, 0.6) is 0 Å². The Morgan fingerprint density at radius 3 is 2.68 bits per heavy atom. The lowest BCUT2D eigenvalue weighted by Gasteiger charge is -2.07. The topological polar surface area (TPSA) is 69.4 Å². The molecule has 0 saturated carbocycles. The van der Waals surface area contributed by atoms with Crippen molar-refractivity contribution in [2.75, 3.05) is 6.26 Å². The van der Waals surface area contributed by atoms with Gasteiger partial charge in [-0.05, 0) is 24.5 Å². The molecule has 7 heteroatoms. The Hall–Kier alpha value is -2.41. The Morgan fingerprint density at radius 2 is 2.05 bits per heavy atom. The number of nitro groups is 1. The zero-order valence-electron chi connectivity index (χ0n) is 11.6. The third-order valence-electron chi connectivity index (χ3n) is 2.93. The van der Waals surface area contributed by atoms with E-state index >= 15 is 0 Å². The highest BCUT2D eigenvalue weighted by Crippen LogP contribution is 2.28. The van der Waals surface area contributed by atoms with Gasteiger partial charge in [0, 0.05) is 11.6 Å². The molecule has 0 aliphatic rings. The molecule has 0 saturated heterocycles. The van der Waals surface area contributed by atoms with Crippen LogP contribution in [0.2, 0.25) is 0 Å². The van der Waals surface area contributed by atoms with E-state index in [0.717, 1.165) is 6.07 Å². The van der Waals surface area contributed by atoms with E-state index in [1.54, 1.807) is 12.3 Å². The highest BCUT2D eigenvalue weighted by Gasteiger charge is 2.18. The summed E-state index contributed by atoms with van der Waals surface area (Å²) in [5, 5.41) is 11.0. The first-order valence-electron chi connectivity index (χ1n) is 6.26. The van der Waals surface area contributed by atoms with Gasteiger partial charge in [0.05, 0.1) is 15.4 Å². The largest absolute Gasteiger partial charge is 0.457 e. The number of benzene rings is 2. The van der Waals surface area contributed by atoms with Gasteiger partial charge in [0.2, 0.25) is 0 Å². The molecule has 0 spiro atoms. The molecule has 0 amide bonds. The Morgan fingerprint density at radius 1 is 1.32 bits per heavy atom.